The van der Waals surface area contributed by atoms with E-state index in [1.807, 2.05) is 41.9 Å². The minimum absolute atomic E-state index is 0.306. The highest BCUT2D eigenvalue weighted by molar-refractivity contribution is 7.19. The molecule has 4 heterocycles. The van der Waals surface area contributed by atoms with E-state index in [0.717, 1.165) is 21.2 Å². The van der Waals surface area contributed by atoms with Gasteiger partial charge in [0, 0.05) is 10.4 Å². The Labute approximate surface area is 152 Å². The van der Waals surface area contributed by atoms with Crippen LogP contribution in [0.25, 0.3) is 0 Å². The Balaban J connectivity index is 1.99. The minimum atomic E-state index is -0.663. The maximum absolute atomic E-state index is 12.3. The molecule has 5 nitrogen and oxygen atoms in total. The van der Waals surface area contributed by atoms with E-state index in [1.54, 1.807) is 24.5 Å². The van der Waals surface area contributed by atoms with Crippen molar-refractivity contribution in [1.29, 1.82) is 0 Å². The van der Waals surface area contributed by atoms with Crippen LogP contribution in [0.5, 0.6) is 0 Å². The van der Waals surface area contributed by atoms with Gasteiger partial charge in [0.05, 0.1) is 18.6 Å². The molecular formula is C18H16N2O3S2. The molecule has 4 rings (SSSR count). The van der Waals surface area contributed by atoms with Crippen molar-refractivity contribution in [2.75, 3.05) is 17.7 Å². The fourth-order valence-corrected chi connectivity index (χ4v) is 5.12. The number of carbonyl (C=O) groups is 1. The maximum atomic E-state index is 12.3. The first-order valence-electron chi connectivity index (χ1n) is 7.80. The second kappa shape index (κ2) is 6.09. The monoisotopic (exact) mass is 372 g/mol. The molecule has 1 unspecified atom stereocenters. The average molecular weight is 372 g/mol. The van der Waals surface area contributed by atoms with Crippen LogP contribution >= 0.6 is 22.7 Å². The summed E-state index contributed by atoms with van der Waals surface area (Å²) in [7, 11) is 0. The summed E-state index contributed by atoms with van der Waals surface area (Å²) in [6, 6.07) is 7.83. The molecule has 3 N–H and O–H groups in total. The van der Waals surface area contributed by atoms with Crippen molar-refractivity contribution in [3.8, 4) is 0 Å². The van der Waals surface area contributed by atoms with Crippen molar-refractivity contribution in [2.24, 2.45) is 0 Å². The molecule has 0 aromatic carbocycles. The van der Waals surface area contributed by atoms with Gasteiger partial charge in [0.15, 0.2) is 0 Å². The smallest absolute Gasteiger partial charge is 0.350 e. The van der Waals surface area contributed by atoms with Crippen molar-refractivity contribution >= 4 is 39.3 Å². The number of carbonyl (C=O) groups excluding carboxylic acids is 1. The molecular weight excluding hydrogens is 356 g/mol. The van der Waals surface area contributed by atoms with Gasteiger partial charge in [-0.1, -0.05) is 6.07 Å². The third-order valence-electron chi connectivity index (χ3n) is 4.17. The Morgan fingerprint density at radius 3 is 2.96 bits per heavy atom. The zero-order chi connectivity index (χ0) is 17.4. The van der Waals surface area contributed by atoms with Gasteiger partial charge >= 0.3 is 5.97 Å². The molecule has 1 aliphatic heterocycles. The number of hydrogen-bond donors (Lipinski definition) is 2. The first-order valence-corrected chi connectivity index (χ1v) is 9.50. The number of esters is 1. The third-order valence-corrected chi connectivity index (χ3v) is 6.29. The molecule has 25 heavy (non-hydrogen) atoms. The van der Waals surface area contributed by atoms with E-state index >= 15 is 0 Å². The minimum Gasteiger partial charge on any atom is -0.468 e. The molecule has 0 amide bonds. The fraction of sp³-hybridized carbons (Fsp3) is 0.167. The van der Waals surface area contributed by atoms with E-state index in [0.29, 0.717) is 17.2 Å². The van der Waals surface area contributed by atoms with E-state index in [4.69, 9.17) is 14.9 Å². The van der Waals surface area contributed by atoms with E-state index in [-0.39, 0.29) is 0 Å². The van der Waals surface area contributed by atoms with Crippen molar-refractivity contribution in [3.63, 3.8) is 0 Å². The van der Waals surface area contributed by atoms with Gasteiger partial charge in [0.1, 0.15) is 21.1 Å². The van der Waals surface area contributed by atoms with E-state index < -0.39 is 11.4 Å². The van der Waals surface area contributed by atoms with Crippen LogP contribution in [0.4, 0.5) is 10.7 Å². The van der Waals surface area contributed by atoms with Crippen molar-refractivity contribution < 1.29 is 13.9 Å². The molecule has 0 bridgehead atoms. The SMILES string of the molecule is CCOC(=O)c1sc2c(c1N)C(c1ccco1)(c1cccs1)C=CN2. The first-order chi connectivity index (χ1) is 12.2. The van der Waals surface area contributed by atoms with Gasteiger partial charge in [-0.05, 0) is 42.8 Å². The molecule has 1 aliphatic rings. The lowest BCUT2D eigenvalue weighted by Crippen LogP contribution is -2.29. The van der Waals surface area contributed by atoms with Crippen LogP contribution in [0.2, 0.25) is 0 Å². The van der Waals surface area contributed by atoms with Crippen LogP contribution in [-0.2, 0) is 10.2 Å². The summed E-state index contributed by atoms with van der Waals surface area (Å²) in [6.45, 7) is 2.08. The van der Waals surface area contributed by atoms with Crippen LogP contribution < -0.4 is 11.1 Å². The molecule has 0 aliphatic carbocycles. The standard InChI is InChI=1S/C18H16N2O3S2/c1-2-22-17(21)15-14(19)13-16(25-15)20-8-7-18(13,11-5-3-9-23-11)12-6-4-10-24-12/h3-10,20H,2,19H2,1H3. The number of thiophene rings is 2. The zero-order valence-electron chi connectivity index (χ0n) is 13.4. The summed E-state index contributed by atoms with van der Waals surface area (Å²) in [5.41, 5.74) is 7.04. The van der Waals surface area contributed by atoms with E-state index in [1.165, 1.54) is 11.3 Å². The topological polar surface area (TPSA) is 77.5 Å². The lowest BCUT2D eigenvalue weighted by molar-refractivity contribution is 0.0533. The Hall–Kier alpha value is -2.51. The van der Waals surface area contributed by atoms with Gasteiger partial charge in [0.25, 0.3) is 0 Å². The summed E-state index contributed by atoms with van der Waals surface area (Å²) in [4.78, 5) is 13.8. The Morgan fingerprint density at radius 2 is 2.28 bits per heavy atom. The summed E-state index contributed by atoms with van der Waals surface area (Å²) >= 11 is 2.93. The number of nitrogen functional groups attached to an aromatic ring is 1. The molecule has 0 radical (unpaired) electrons. The average Bonchev–Trinajstić information content (AvgIpc) is 3.36. The molecule has 3 aromatic heterocycles. The zero-order valence-corrected chi connectivity index (χ0v) is 15.1. The van der Waals surface area contributed by atoms with Crippen molar-refractivity contribution in [3.05, 3.63) is 69.3 Å². The summed E-state index contributed by atoms with van der Waals surface area (Å²) < 4.78 is 10.9. The third kappa shape index (κ3) is 2.31. The summed E-state index contributed by atoms with van der Waals surface area (Å²) in [6.07, 6.45) is 5.54. The molecule has 1 atom stereocenters. The predicted octanol–water partition coefficient (Wildman–Crippen LogP) is 4.44. The Kier molecular flexibility index (Phi) is 3.89. The number of furan rings is 1. The van der Waals surface area contributed by atoms with Crippen LogP contribution in [-0.4, -0.2) is 12.6 Å². The van der Waals surface area contributed by atoms with Gasteiger partial charge in [-0.25, -0.2) is 4.79 Å². The van der Waals surface area contributed by atoms with Gasteiger partial charge in [-0.3, -0.25) is 0 Å². The van der Waals surface area contributed by atoms with Crippen LogP contribution in [0.3, 0.4) is 0 Å². The van der Waals surface area contributed by atoms with E-state index in [9.17, 15) is 4.79 Å². The maximum Gasteiger partial charge on any atom is 0.350 e. The molecule has 0 saturated heterocycles. The highest BCUT2D eigenvalue weighted by Gasteiger charge is 2.45. The lowest BCUT2D eigenvalue weighted by Gasteiger charge is -2.32. The van der Waals surface area contributed by atoms with Crippen LogP contribution in [0.15, 0.2) is 52.6 Å². The second-order valence-corrected chi connectivity index (χ2v) is 7.48. The lowest BCUT2D eigenvalue weighted by atomic mass is 9.75. The Morgan fingerprint density at radius 1 is 1.40 bits per heavy atom. The number of rotatable bonds is 4. The largest absolute Gasteiger partial charge is 0.468 e. The quantitative estimate of drug-likeness (QED) is 0.662. The summed E-state index contributed by atoms with van der Waals surface area (Å²) in [5, 5.41) is 6.06. The number of allylic oxidation sites excluding steroid dienone is 1. The number of fused-ring (bicyclic) bond motifs is 1. The molecule has 0 saturated carbocycles. The van der Waals surface area contributed by atoms with Gasteiger partial charge < -0.3 is 20.2 Å². The Bertz CT molecular complexity index is 890. The van der Waals surface area contributed by atoms with Gasteiger partial charge in [0.2, 0.25) is 0 Å². The molecule has 128 valence electrons. The number of nitrogens with one attached hydrogen (secondary N) is 1. The van der Waals surface area contributed by atoms with Crippen molar-refractivity contribution in [1.82, 2.24) is 0 Å². The van der Waals surface area contributed by atoms with Crippen LogP contribution in [0, 0.1) is 0 Å². The van der Waals surface area contributed by atoms with Gasteiger partial charge in [-0.15, -0.1) is 22.7 Å². The number of nitrogens with two attached hydrogens (primary N) is 1. The highest BCUT2D eigenvalue weighted by atomic mass is 32.1. The first kappa shape index (κ1) is 16.0. The summed E-state index contributed by atoms with van der Waals surface area (Å²) in [5.74, 6) is 0.356. The molecule has 7 heteroatoms. The van der Waals surface area contributed by atoms with E-state index in [2.05, 4.69) is 5.32 Å². The fourth-order valence-electron chi connectivity index (χ4n) is 3.15. The number of hydrogen-bond acceptors (Lipinski definition) is 7. The van der Waals surface area contributed by atoms with Crippen molar-refractivity contribution in [2.45, 2.75) is 12.3 Å². The number of ether oxygens (including phenoxy) is 1. The van der Waals surface area contributed by atoms with Crippen LogP contribution in [0.1, 0.15) is 32.8 Å². The number of anilines is 2. The second-order valence-electron chi connectivity index (χ2n) is 5.51. The predicted molar refractivity (Wildman–Crippen MR) is 100 cm³/mol. The normalized spacial score (nSPS) is 18.6. The molecule has 0 spiro atoms. The highest BCUT2D eigenvalue weighted by Crippen LogP contribution is 2.53. The molecule has 3 aromatic rings. The van der Waals surface area contributed by atoms with Gasteiger partial charge in [-0.2, -0.15) is 0 Å². The molecule has 0 fully saturated rings.